The fourth-order valence-electron chi connectivity index (χ4n) is 1.78. The van der Waals surface area contributed by atoms with E-state index in [1.807, 2.05) is 0 Å². The van der Waals surface area contributed by atoms with Gasteiger partial charge >= 0.3 is 0 Å². The molecule has 0 atom stereocenters. The van der Waals surface area contributed by atoms with Crippen molar-refractivity contribution in [1.29, 1.82) is 0 Å². The first-order valence-electron chi connectivity index (χ1n) is 5.54. The van der Waals surface area contributed by atoms with Crippen LogP contribution in [0.2, 0.25) is 0 Å². The van der Waals surface area contributed by atoms with Gasteiger partial charge < -0.3 is 0 Å². The van der Waals surface area contributed by atoms with Crippen LogP contribution in [0, 0.1) is 0 Å². The summed E-state index contributed by atoms with van der Waals surface area (Å²) in [4.78, 5) is 0. The van der Waals surface area contributed by atoms with Crippen LogP contribution in [-0.2, 0) is 12.8 Å². The van der Waals surface area contributed by atoms with Crippen molar-refractivity contribution in [3.8, 4) is 0 Å². The molecule has 0 bridgehead atoms. The van der Waals surface area contributed by atoms with Gasteiger partial charge in [0.05, 0.1) is 5.69 Å². The molecule has 0 aliphatic rings. The molecule has 0 aliphatic carbocycles. The van der Waals surface area contributed by atoms with Crippen LogP contribution in [-0.4, -0.2) is 19.8 Å². The highest BCUT2D eigenvalue weighted by molar-refractivity contribution is 5.45. The van der Waals surface area contributed by atoms with Crippen LogP contribution < -0.4 is 0 Å². The van der Waals surface area contributed by atoms with Crippen molar-refractivity contribution in [2.75, 3.05) is 0 Å². The molecule has 2 aromatic rings. The monoisotopic (exact) mass is 204 g/mol. The van der Waals surface area contributed by atoms with E-state index in [4.69, 9.17) is 0 Å². The van der Waals surface area contributed by atoms with Gasteiger partial charge in [0.1, 0.15) is 6.33 Å². The highest BCUT2D eigenvalue weighted by Gasteiger charge is 2.06. The van der Waals surface area contributed by atoms with E-state index in [-0.39, 0.29) is 0 Å². The second-order valence-electron chi connectivity index (χ2n) is 3.76. The van der Waals surface area contributed by atoms with Crippen LogP contribution >= 0.6 is 0 Å². The molecule has 2 rings (SSSR count). The largest absolute Gasteiger partial charge is 0.200 e. The van der Waals surface area contributed by atoms with Gasteiger partial charge in [0.2, 0.25) is 0 Å². The van der Waals surface area contributed by atoms with E-state index in [1.165, 1.54) is 5.56 Å². The molecule has 0 aliphatic heterocycles. The molecular formula is C11H16N4. The van der Waals surface area contributed by atoms with Gasteiger partial charge in [-0.2, -0.15) is 5.10 Å². The number of aromatic nitrogens is 4. The Morgan fingerprint density at radius 1 is 1.20 bits per heavy atom. The lowest BCUT2D eigenvalue weighted by molar-refractivity contribution is 0.791. The van der Waals surface area contributed by atoms with Gasteiger partial charge in [-0.25, -0.2) is 4.52 Å². The third-order valence-corrected chi connectivity index (χ3v) is 2.42. The van der Waals surface area contributed by atoms with Gasteiger partial charge in [0, 0.05) is 5.56 Å². The quantitative estimate of drug-likeness (QED) is 0.765. The molecule has 0 radical (unpaired) electrons. The summed E-state index contributed by atoms with van der Waals surface area (Å²) in [6, 6.07) is 2.16. The molecule has 4 nitrogen and oxygen atoms in total. The topological polar surface area (TPSA) is 43.1 Å². The maximum atomic E-state index is 4.46. The van der Waals surface area contributed by atoms with Crippen molar-refractivity contribution in [3.63, 3.8) is 0 Å². The normalized spacial score (nSPS) is 11.1. The maximum Gasteiger partial charge on any atom is 0.180 e. The number of nitrogens with zero attached hydrogens (tertiary/aromatic N) is 4. The molecule has 0 N–H and O–H groups in total. The summed E-state index contributed by atoms with van der Waals surface area (Å²) in [6.45, 7) is 4.34. The highest BCUT2D eigenvalue weighted by atomic mass is 15.3. The van der Waals surface area contributed by atoms with Crippen LogP contribution in [0.3, 0.4) is 0 Å². The first-order chi connectivity index (χ1) is 7.35. The zero-order chi connectivity index (χ0) is 10.7. The van der Waals surface area contributed by atoms with E-state index >= 15 is 0 Å². The molecule has 15 heavy (non-hydrogen) atoms. The van der Waals surface area contributed by atoms with E-state index in [9.17, 15) is 0 Å². The van der Waals surface area contributed by atoms with Crippen molar-refractivity contribution in [2.45, 2.75) is 39.5 Å². The third kappa shape index (κ3) is 1.98. The van der Waals surface area contributed by atoms with Crippen molar-refractivity contribution in [3.05, 3.63) is 23.7 Å². The van der Waals surface area contributed by atoms with Crippen LogP contribution in [0.15, 0.2) is 12.4 Å². The van der Waals surface area contributed by atoms with Gasteiger partial charge in [0.15, 0.2) is 5.65 Å². The van der Waals surface area contributed by atoms with Crippen LogP contribution in [0.1, 0.15) is 37.9 Å². The molecule has 0 saturated carbocycles. The lowest BCUT2D eigenvalue weighted by Crippen LogP contribution is -2.01. The van der Waals surface area contributed by atoms with Crippen molar-refractivity contribution in [1.82, 2.24) is 19.8 Å². The number of aryl methyl sites for hydroxylation is 2. The minimum Gasteiger partial charge on any atom is -0.200 e. The Kier molecular flexibility index (Phi) is 2.94. The lowest BCUT2D eigenvalue weighted by Gasteiger charge is -2.04. The van der Waals surface area contributed by atoms with E-state index in [2.05, 4.69) is 35.2 Å². The molecule has 4 heteroatoms. The molecular weight excluding hydrogens is 188 g/mol. The average molecular weight is 204 g/mol. The zero-order valence-electron chi connectivity index (χ0n) is 9.27. The number of rotatable bonds is 4. The summed E-state index contributed by atoms with van der Waals surface area (Å²) < 4.78 is 1.79. The minimum atomic E-state index is 0.900. The lowest BCUT2D eigenvalue weighted by atomic mass is 10.1. The predicted octanol–water partition coefficient (Wildman–Crippen LogP) is 2.03. The standard InChI is InChI=1S/C11H16N4/c1-3-5-9-7-10(6-4-2)14-15-8-12-13-11(9)15/h7-8H,3-6H2,1-2H3. The number of fused-ring (bicyclic) bond motifs is 1. The van der Waals surface area contributed by atoms with Crippen molar-refractivity contribution < 1.29 is 0 Å². The third-order valence-electron chi connectivity index (χ3n) is 2.42. The first kappa shape index (κ1) is 10.1. The first-order valence-corrected chi connectivity index (χ1v) is 5.54. The van der Waals surface area contributed by atoms with Crippen LogP contribution in [0.5, 0.6) is 0 Å². The predicted molar refractivity (Wildman–Crippen MR) is 58.8 cm³/mol. The fraction of sp³-hybridized carbons (Fsp3) is 0.545. The number of hydrogen-bond donors (Lipinski definition) is 0. The van der Waals surface area contributed by atoms with E-state index in [0.717, 1.165) is 37.0 Å². The smallest absolute Gasteiger partial charge is 0.180 e. The molecule has 0 fully saturated rings. The van der Waals surface area contributed by atoms with Gasteiger partial charge in [-0.15, -0.1) is 10.2 Å². The highest BCUT2D eigenvalue weighted by Crippen LogP contribution is 2.12. The SMILES string of the molecule is CCCc1cc(CCC)c2nncn2n1. The summed E-state index contributed by atoms with van der Waals surface area (Å²) in [5.74, 6) is 0. The van der Waals surface area contributed by atoms with E-state index in [0.29, 0.717) is 0 Å². The van der Waals surface area contributed by atoms with Crippen LogP contribution in [0.25, 0.3) is 5.65 Å². The fourth-order valence-corrected chi connectivity index (χ4v) is 1.78. The molecule has 0 aromatic carbocycles. The molecule has 0 amide bonds. The van der Waals surface area contributed by atoms with Crippen molar-refractivity contribution >= 4 is 5.65 Å². The summed E-state index contributed by atoms with van der Waals surface area (Å²) in [7, 11) is 0. The zero-order valence-corrected chi connectivity index (χ0v) is 9.27. The Balaban J connectivity index is 2.48. The molecule has 2 heterocycles. The summed E-state index contributed by atoms with van der Waals surface area (Å²) in [5.41, 5.74) is 3.29. The number of hydrogen-bond acceptors (Lipinski definition) is 3. The molecule has 0 saturated heterocycles. The van der Waals surface area contributed by atoms with Gasteiger partial charge in [-0.05, 0) is 18.9 Å². The Morgan fingerprint density at radius 2 is 2.00 bits per heavy atom. The summed E-state index contributed by atoms with van der Waals surface area (Å²) in [6.07, 6.45) is 5.98. The summed E-state index contributed by atoms with van der Waals surface area (Å²) in [5, 5.41) is 12.4. The Labute approximate surface area is 89.3 Å². The minimum absolute atomic E-state index is 0.900. The summed E-state index contributed by atoms with van der Waals surface area (Å²) >= 11 is 0. The second kappa shape index (κ2) is 4.38. The molecule has 0 spiro atoms. The van der Waals surface area contributed by atoms with Gasteiger partial charge in [0.25, 0.3) is 0 Å². The molecule has 0 unspecified atom stereocenters. The molecule has 2 aromatic heterocycles. The second-order valence-corrected chi connectivity index (χ2v) is 3.76. The van der Waals surface area contributed by atoms with E-state index < -0.39 is 0 Å². The van der Waals surface area contributed by atoms with Crippen molar-refractivity contribution in [2.24, 2.45) is 0 Å². The average Bonchev–Trinajstić information content (AvgIpc) is 2.67. The van der Waals surface area contributed by atoms with E-state index in [1.54, 1.807) is 10.8 Å². The van der Waals surface area contributed by atoms with Gasteiger partial charge in [-0.1, -0.05) is 26.7 Å². The Bertz CT molecular complexity index is 447. The van der Waals surface area contributed by atoms with Gasteiger partial charge in [-0.3, -0.25) is 0 Å². The van der Waals surface area contributed by atoms with Crippen LogP contribution in [0.4, 0.5) is 0 Å². The molecule has 80 valence electrons. The maximum absolute atomic E-state index is 4.46. The Hall–Kier alpha value is -1.45. The Morgan fingerprint density at radius 3 is 2.73 bits per heavy atom.